The first kappa shape index (κ1) is 51.6. The van der Waals surface area contributed by atoms with Crippen molar-refractivity contribution >= 4 is 57.8 Å². The van der Waals surface area contributed by atoms with Crippen LogP contribution in [0.5, 0.6) is 0 Å². The normalized spacial score (nSPS) is 11.3. The number of hydrogen-bond acceptors (Lipinski definition) is 8. The van der Waals surface area contributed by atoms with Crippen LogP contribution in [0.2, 0.25) is 0 Å². The van der Waals surface area contributed by atoms with E-state index in [9.17, 15) is 19.6 Å². The molecule has 2 aromatic rings. The van der Waals surface area contributed by atoms with E-state index in [1.54, 1.807) is 0 Å². The Morgan fingerprint density at radius 1 is 0.417 bits per heavy atom. The van der Waals surface area contributed by atoms with E-state index >= 15 is 0 Å². The number of benzene rings is 2. The first-order valence-electron chi connectivity index (χ1n) is 17.6. The summed E-state index contributed by atoms with van der Waals surface area (Å²) in [4.78, 5) is 45.7. The molecule has 48 heavy (non-hydrogen) atoms. The molecule has 4 nitrogen and oxygen atoms in total. The minimum Gasteiger partial charge on any atom is -0.824 e. The zero-order chi connectivity index (χ0) is 33.9. The zero-order valence-corrected chi connectivity index (χ0v) is 40.7. The minimum absolute atomic E-state index is 0. The second-order valence-electron chi connectivity index (χ2n) is 12.2. The molecule has 0 bridgehead atoms. The molecule has 0 aliphatic heterocycles. The van der Waals surface area contributed by atoms with Gasteiger partial charge in [-0.1, -0.05) is 154 Å². The number of aryl methyl sites for hydroxylation is 2. The molecule has 12 heteroatoms. The first-order chi connectivity index (χ1) is 22.0. The number of hydrogen-bond donors (Lipinski definition) is 0. The van der Waals surface area contributed by atoms with Crippen LogP contribution in [0.25, 0.3) is 0 Å². The summed E-state index contributed by atoms with van der Waals surface area (Å²) in [6.45, 7) is 4.52. The Balaban J connectivity index is 0. The molecule has 0 unspecified atom stereocenters. The van der Waals surface area contributed by atoms with Crippen LogP contribution in [-0.2, 0) is 75.4 Å². The first-order valence-corrected chi connectivity index (χ1v) is 25.8. The van der Waals surface area contributed by atoms with Gasteiger partial charge in [0.2, 0.25) is 0 Å². The van der Waals surface area contributed by atoms with Gasteiger partial charge in [-0.3, -0.25) is 0 Å². The molecule has 2 rings (SSSR count). The molecule has 0 aliphatic carbocycles. The molecule has 0 fully saturated rings. The van der Waals surface area contributed by atoms with Gasteiger partial charge in [0.1, 0.15) is 0 Å². The van der Waals surface area contributed by atoms with Crippen LogP contribution >= 0.6 is 34.2 Å². The van der Waals surface area contributed by atoms with E-state index in [0.29, 0.717) is 9.79 Å². The predicted octanol–water partition coefficient (Wildman–Crippen LogP) is 10.4. The molecule has 0 spiro atoms. The van der Waals surface area contributed by atoms with E-state index in [2.05, 4.69) is 37.5 Å². The molecule has 0 aromatic heterocycles. The average Bonchev–Trinajstić information content (AvgIpc) is 2.99. The van der Waals surface area contributed by atoms with Crippen molar-refractivity contribution in [3.05, 3.63) is 59.7 Å². The maximum Gasteiger partial charge on any atom is 2.00 e. The van der Waals surface area contributed by atoms with Crippen LogP contribution in [0.3, 0.4) is 0 Å². The van der Waals surface area contributed by atoms with E-state index < -0.39 is 11.4 Å². The third-order valence-corrected chi connectivity index (χ3v) is 13.3. The fraction of sp³-hybridized carbons (Fsp3) is 0.667. The third kappa shape index (κ3) is 33.4. The van der Waals surface area contributed by atoms with Crippen LogP contribution in [-0.4, -0.2) is 0 Å². The molecule has 0 atom stereocenters. The van der Waals surface area contributed by atoms with Gasteiger partial charge in [-0.15, -0.1) is 46.4 Å². The van der Waals surface area contributed by atoms with Crippen LogP contribution < -0.4 is 19.6 Å². The van der Waals surface area contributed by atoms with E-state index in [4.69, 9.17) is 0 Å². The van der Waals surface area contributed by atoms with Gasteiger partial charge in [0.05, 0.1) is 0 Å². The second-order valence-corrected chi connectivity index (χ2v) is 23.6. The molecule has 0 saturated heterocycles. The summed E-state index contributed by atoms with van der Waals surface area (Å²) in [5, 5.41) is 0. The van der Waals surface area contributed by atoms with Gasteiger partial charge in [-0.05, 0) is 61.1 Å². The quantitative estimate of drug-likeness (QED) is 0.0524. The molecule has 0 saturated carbocycles. The molecule has 0 N–H and O–H groups in total. The fourth-order valence-corrected chi connectivity index (χ4v) is 10.2. The summed E-state index contributed by atoms with van der Waals surface area (Å²) >= 11 is 10.4. The minimum atomic E-state index is -3.70. The van der Waals surface area contributed by atoms with Crippen molar-refractivity contribution in [2.45, 2.75) is 165 Å². The molecule has 0 amide bonds. The monoisotopic (exact) mass is 872 g/mol. The summed E-state index contributed by atoms with van der Waals surface area (Å²) in [5.41, 5.74) is -4.84. The molecule has 0 aliphatic rings. The Kier molecular flexibility index (Phi) is 35.6. The summed E-state index contributed by atoms with van der Waals surface area (Å²) in [6.07, 6.45) is 29.1. The van der Waals surface area contributed by atoms with Gasteiger partial charge in [0.25, 0.3) is 0 Å². The molecule has 264 valence electrons. The predicted molar refractivity (Wildman–Crippen MR) is 204 cm³/mol. The van der Waals surface area contributed by atoms with Crippen LogP contribution in [0.1, 0.15) is 153 Å². The van der Waals surface area contributed by atoms with Crippen molar-refractivity contribution < 1.29 is 58.5 Å². The van der Waals surface area contributed by atoms with Gasteiger partial charge in [0, 0.05) is 9.79 Å². The number of rotatable bonds is 26. The van der Waals surface area contributed by atoms with Crippen molar-refractivity contribution in [1.82, 2.24) is 0 Å². The standard InChI is InChI=1S/2C18H31O2PS2.2Zn/c2*1-2-3-4-5-6-7-8-9-10-11-12-17-13-15-18(16-14-17)23-21(19,20)22;;/h2*13-16H,2-12H2,1H3,(H2,19,20,22);;/q;;2*+2/p-4. The molecular formula is C36H58O4P2S4Zn2. The summed E-state index contributed by atoms with van der Waals surface area (Å²) in [6, 6.07) is 15.5. The second kappa shape index (κ2) is 33.1. The van der Waals surface area contributed by atoms with Gasteiger partial charge in [-0.2, -0.15) is 11.4 Å². The van der Waals surface area contributed by atoms with Gasteiger partial charge >= 0.3 is 39.0 Å². The summed E-state index contributed by atoms with van der Waals surface area (Å²) in [5.74, 6) is 0. The molecule has 2 aromatic carbocycles. The Bertz CT molecular complexity index is 1010. The maximum absolute atomic E-state index is 11.1. The van der Waals surface area contributed by atoms with Gasteiger partial charge in [-0.25, -0.2) is 0 Å². The molecular weight excluding hydrogens is 817 g/mol. The molecule has 0 radical (unpaired) electrons. The van der Waals surface area contributed by atoms with Crippen LogP contribution in [0.15, 0.2) is 58.3 Å². The Labute approximate surface area is 338 Å². The van der Waals surface area contributed by atoms with Gasteiger partial charge < -0.3 is 19.6 Å². The van der Waals surface area contributed by atoms with Crippen molar-refractivity contribution in [2.24, 2.45) is 0 Å². The SMILES string of the molecule is CCCCCCCCCCCCc1ccc(SP([O-])([O-])=S)cc1.CCCCCCCCCCCCc1ccc(SP([O-])([O-])=S)cc1.[Zn+2].[Zn+2]. The summed E-state index contributed by atoms with van der Waals surface area (Å²) in [7, 11) is 0. The van der Waals surface area contributed by atoms with Gasteiger partial charge in [0.15, 0.2) is 0 Å². The Hall–Kier alpha value is 1.53. The Morgan fingerprint density at radius 3 is 0.875 bits per heavy atom. The fourth-order valence-electron chi connectivity index (χ4n) is 5.33. The number of unbranched alkanes of at least 4 members (excludes halogenated alkanes) is 18. The molecule has 0 heterocycles. The topological polar surface area (TPSA) is 92.2 Å². The van der Waals surface area contributed by atoms with Crippen molar-refractivity contribution in [1.29, 1.82) is 0 Å². The Morgan fingerprint density at radius 2 is 0.646 bits per heavy atom. The van der Waals surface area contributed by atoms with Crippen molar-refractivity contribution in [2.75, 3.05) is 0 Å². The van der Waals surface area contributed by atoms with E-state index in [0.717, 1.165) is 35.6 Å². The van der Waals surface area contributed by atoms with Crippen molar-refractivity contribution in [3.63, 3.8) is 0 Å². The average molecular weight is 876 g/mol. The van der Waals surface area contributed by atoms with E-state index in [1.165, 1.54) is 140 Å². The zero-order valence-electron chi connectivity index (χ0n) is 29.7. The smallest absolute Gasteiger partial charge is 0.824 e. The van der Waals surface area contributed by atoms with E-state index in [1.807, 2.05) is 48.5 Å². The van der Waals surface area contributed by atoms with Crippen LogP contribution in [0, 0.1) is 0 Å². The van der Waals surface area contributed by atoms with Crippen LogP contribution in [0.4, 0.5) is 0 Å². The summed E-state index contributed by atoms with van der Waals surface area (Å²) < 4.78 is 0. The largest absolute Gasteiger partial charge is 2.00 e. The third-order valence-electron chi connectivity index (χ3n) is 7.92. The maximum atomic E-state index is 11.1. The van der Waals surface area contributed by atoms with E-state index in [-0.39, 0.29) is 39.0 Å². The van der Waals surface area contributed by atoms with Crippen molar-refractivity contribution in [3.8, 4) is 0 Å².